The number of nitrogens with one attached hydrogen (secondary N) is 2. The number of aromatic nitrogens is 4. The first-order valence-electron chi connectivity index (χ1n) is 6.63. The second-order valence-electron chi connectivity index (χ2n) is 4.70. The third-order valence-corrected chi connectivity index (χ3v) is 4.64. The number of imidazole rings is 1. The molecule has 3 aromatic rings. The van der Waals surface area contributed by atoms with Crippen molar-refractivity contribution >= 4 is 50.5 Å². The lowest BCUT2D eigenvalue weighted by atomic mass is 10.3. The van der Waals surface area contributed by atoms with Gasteiger partial charge in [-0.1, -0.05) is 27.7 Å². The number of hydrogen-bond acceptors (Lipinski definition) is 5. The van der Waals surface area contributed by atoms with E-state index in [1.165, 1.54) is 18.1 Å². The molecule has 118 valence electrons. The molecule has 0 radical (unpaired) electrons. The van der Waals surface area contributed by atoms with Crippen molar-refractivity contribution in [2.75, 3.05) is 11.1 Å². The smallest absolute Gasteiger partial charge is 0.278 e. The molecule has 0 aliphatic rings. The van der Waals surface area contributed by atoms with Crippen LogP contribution >= 0.6 is 27.7 Å². The highest BCUT2D eigenvalue weighted by Gasteiger charge is 2.13. The standard InChI is InChI=1S/C14H12BrN5O2S/c1-20-12-11(13(22)17-7-16-12)19-14(20)23-6-10(21)18-9-4-2-8(15)3-5-9/h2-5,7H,6H2,1H3,(H,18,21)(H,16,17,22). The number of aromatic amines is 1. The molecule has 0 atom stereocenters. The number of benzene rings is 1. The fourth-order valence-electron chi connectivity index (χ4n) is 1.98. The minimum absolute atomic E-state index is 0.147. The van der Waals surface area contributed by atoms with Gasteiger partial charge in [0.2, 0.25) is 5.91 Å². The van der Waals surface area contributed by atoms with Crippen LogP contribution in [0.15, 0.2) is 45.0 Å². The monoisotopic (exact) mass is 393 g/mol. The molecule has 0 fully saturated rings. The van der Waals surface area contributed by atoms with E-state index < -0.39 is 0 Å². The van der Waals surface area contributed by atoms with Gasteiger partial charge < -0.3 is 14.9 Å². The van der Waals surface area contributed by atoms with Crippen molar-refractivity contribution in [1.82, 2.24) is 19.5 Å². The Hall–Kier alpha value is -2.13. The summed E-state index contributed by atoms with van der Waals surface area (Å²) in [5, 5.41) is 3.37. The first kappa shape index (κ1) is 15.8. The number of nitrogens with zero attached hydrogens (tertiary/aromatic N) is 3. The normalized spacial score (nSPS) is 10.9. The summed E-state index contributed by atoms with van der Waals surface area (Å²) in [7, 11) is 1.76. The van der Waals surface area contributed by atoms with Crippen LogP contribution in [-0.4, -0.2) is 31.2 Å². The summed E-state index contributed by atoms with van der Waals surface area (Å²) in [5.74, 6) is 0.0387. The fourth-order valence-corrected chi connectivity index (χ4v) is 3.01. The number of anilines is 1. The molecule has 0 aliphatic heterocycles. The van der Waals surface area contributed by atoms with Crippen LogP contribution in [0.3, 0.4) is 0 Å². The number of carbonyl (C=O) groups excluding carboxylic acids is 1. The Kier molecular flexibility index (Phi) is 4.49. The van der Waals surface area contributed by atoms with Gasteiger partial charge in [0.15, 0.2) is 16.3 Å². The average molecular weight is 394 g/mol. The van der Waals surface area contributed by atoms with Gasteiger partial charge in [-0.3, -0.25) is 9.59 Å². The topological polar surface area (TPSA) is 92.7 Å². The van der Waals surface area contributed by atoms with Crippen LogP contribution in [0, 0.1) is 0 Å². The number of aryl methyl sites for hydroxylation is 1. The number of hydrogen-bond donors (Lipinski definition) is 2. The maximum absolute atomic E-state index is 12.0. The van der Waals surface area contributed by atoms with Crippen molar-refractivity contribution in [3.63, 3.8) is 0 Å². The third kappa shape index (κ3) is 3.45. The van der Waals surface area contributed by atoms with Gasteiger partial charge in [-0.2, -0.15) is 0 Å². The van der Waals surface area contributed by atoms with Crippen molar-refractivity contribution in [3.8, 4) is 0 Å². The first-order valence-corrected chi connectivity index (χ1v) is 8.41. The molecule has 1 amide bonds. The van der Waals surface area contributed by atoms with Crippen molar-refractivity contribution in [2.45, 2.75) is 5.16 Å². The van der Waals surface area contributed by atoms with Gasteiger partial charge in [-0.15, -0.1) is 0 Å². The van der Waals surface area contributed by atoms with Gasteiger partial charge in [-0.25, -0.2) is 9.97 Å². The number of amides is 1. The Morgan fingerprint density at radius 1 is 1.39 bits per heavy atom. The van der Waals surface area contributed by atoms with Crippen LogP contribution in [0.4, 0.5) is 5.69 Å². The summed E-state index contributed by atoms with van der Waals surface area (Å²) < 4.78 is 2.64. The fraction of sp³-hybridized carbons (Fsp3) is 0.143. The Labute approximate surface area is 143 Å². The zero-order valence-corrected chi connectivity index (χ0v) is 14.4. The summed E-state index contributed by atoms with van der Waals surface area (Å²) in [5.41, 5.74) is 1.19. The van der Waals surface area contributed by atoms with Crippen LogP contribution in [0.1, 0.15) is 0 Å². The molecule has 7 nitrogen and oxygen atoms in total. The summed E-state index contributed by atoms with van der Waals surface area (Å²) in [6.07, 6.45) is 1.33. The van der Waals surface area contributed by atoms with Crippen LogP contribution < -0.4 is 10.9 Å². The first-order chi connectivity index (χ1) is 11.0. The molecule has 0 bridgehead atoms. The van der Waals surface area contributed by atoms with E-state index in [0.29, 0.717) is 10.8 Å². The van der Waals surface area contributed by atoms with Crippen LogP contribution in [0.25, 0.3) is 11.2 Å². The molecule has 2 N–H and O–H groups in total. The lowest BCUT2D eigenvalue weighted by molar-refractivity contribution is -0.113. The van der Waals surface area contributed by atoms with Gasteiger partial charge in [0.05, 0.1) is 12.1 Å². The van der Waals surface area contributed by atoms with E-state index in [1.54, 1.807) is 11.6 Å². The molecule has 3 rings (SSSR count). The molecule has 2 aromatic heterocycles. The Morgan fingerprint density at radius 2 is 2.13 bits per heavy atom. The highest BCUT2D eigenvalue weighted by atomic mass is 79.9. The number of carbonyl (C=O) groups is 1. The molecule has 9 heteroatoms. The predicted octanol–water partition coefficient (Wildman–Crippen LogP) is 2.15. The van der Waals surface area contributed by atoms with Gasteiger partial charge in [0.1, 0.15) is 0 Å². The van der Waals surface area contributed by atoms with E-state index in [-0.39, 0.29) is 22.7 Å². The van der Waals surface area contributed by atoms with E-state index in [9.17, 15) is 9.59 Å². The Morgan fingerprint density at radius 3 is 2.83 bits per heavy atom. The summed E-state index contributed by atoms with van der Waals surface area (Å²) in [6, 6.07) is 7.33. The number of fused-ring (bicyclic) bond motifs is 1. The van der Waals surface area contributed by atoms with E-state index in [4.69, 9.17) is 0 Å². The maximum Gasteiger partial charge on any atom is 0.278 e. The van der Waals surface area contributed by atoms with E-state index in [1.807, 2.05) is 24.3 Å². The predicted molar refractivity (Wildman–Crippen MR) is 92.6 cm³/mol. The quantitative estimate of drug-likeness (QED) is 0.662. The molecule has 0 aliphatic carbocycles. The van der Waals surface area contributed by atoms with Gasteiger partial charge in [0.25, 0.3) is 5.56 Å². The second-order valence-corrected chi connectivity index (χ2v) is 6.56. The molecule has 2 heterocycles. The Bertz CT molecular complexity index is 919. The molecule has 23 heavy (non-hydrogen) atoms. The van der Waals surface area contributed by atoms with Crippen molar-refractivity contribution in [1.29, 1.82) is 0 Å². The molecular weight excluding hydrogens is 382 g/mol. The minimum atomic E-state index is -0.295. The molecule has 1 aromatic carbocycles. The van der Waals surface area contributed by atoms with Crippen molar-refractivity contribution in [2.24, 2.45) is 7.05 Å². The summed E-state index contributed by atoms with van der Waals surface area (Å²) in [6.45, 7) is 0. The average Bonchev–Trinajstić information content (AvgIpc) is 2.86. The van der Waals surface area contributed by atoms with Gasteiger partial charge in [0, 0.05) is 17.2 Å². The SMILES string of the molecule is Cn1c(SCC(=O)Nc2ccc(Br)cc2)nc2c(=O)[nH]cnc21. The van der Waals surface area contributed by atoms with Crippen LogP contribution in [0.2, 0.25) is 0 Å². The highest BCUT2D eigenvalue weighted by molar-refractivity contribution is 9.10. The lowest BCUT2D eigenvalue weighted by Gasteiger charge is -2.05. The van der Waals surface area contributed by atoms with Gasteiger partial charge in [-0.05, 0) is 24.3 Å². The third-order valence-electron chi connectivity index (χ3n) is 3.08. The van der Waals surface area contributed by atoms with Crippen molar-refractivity contribution < 1.29 is 4.79 Å². The number of thioether (sulfide) groups is 1. The second kappa shape index (κ2) is 6.55. The van der Waals surface area contributed by atoms with E-state index in [0.717, 1.165) is 10.2 Å². The lowest BCUT2D eigenvalue weighted by Crippen LogP contribution is -2.14. The largest absolute Gasteiger partial charge is 0.325 e. The molecule has 0 spiro atoms. The molecule has 0 saturated heterocycles. The number of rotatable bonds is 4. The van der Waals surface area contributed by atoms with Crippen molar-refractivity contribution in [3.05, 3.63) is 45.4 Å². The minimum Gasteiger partial charge on any atom is -0.325 e. The summed E-state index contributed by atoms with van der Waals surface area (Å²) >= 11 is 4.59. The summed E-state index contributed by atoms with van der Waals surface area (Å²) in [4.78, 5) is 34.5. The zero-order chi connectivity index (χ0) is 16.4. The highest BCUT2D eigenvalue weighted by Crippen LogP contribution is 2.20. The number of H-pyrrole nitrogens is 1. The van der Waals surface area contributed by atoms with E-state index in [2.05, 4.69) is 36.2 Å². The molecule has 0 unspecified atom stereocenters. The van der Waals surface area contributed by atoms with Gasteiger partial charge >= 0.3 is 0 Å². The van der Waals surface area contributed by atoms with E-state index >= 15 is 0 Å². The van der Waals surface area contributed by atoms with Crippen LogP contribution in [0.5, 0.6) is 0 Å². The van der Waals surface area contributed by atoms with Crippen LogP contribution in [-0.2, 0) is 11.8 Å². The molecule has 0 saturated carbocycles. The zero-order valence-electron chi connectivity index (χ0n) is 12.0. The maximum atomic E-state index is 12.0. The Balaban J connectivity index is 1.69. The number of halogens is 1. The molecular formula is C14H12BrN5O2S.